The number of benzene rings is 3. The monoisotopic (exact) mass is 519 g/mol. The predicted octanol–water partition coefficient (Wildman–Crippen LogP) is 5.31. The molecule has 3 aromatic carbocycles. The van der Waals surface area contributed by atoms with Gasteiger partial charge in [0, 0.05) is 26.7 Å². The standard InChI is InChI=1S/C28H19Cl2NO5/c1-13-9-14(2)11-16(10-13)31-26(34)21-22(27(31)35)28(24(32)17-5-3-4-6-18(17)25(28)33)36-23(21)19-8-7-15(29)12-20(19)30/h3-12,21-23H,1-2H3. The number of halogens is 2. The second-order valence-corrected chi connectivity index (χ2v) is 10.3. The van der Waals surface area contributed by atoms with Crippen LogP contribution in [0.2, 0.25) is 10.0 Å². The van der Waals surface area contributed by atoms with Gasteiger partial charge in [-0.15, -0.1) is 0 Å². The van der Waals surface area contributed by atoms with Crippen molar-refractivity contribution in [3.05, 3.63) is 98.5 Å². The minimum atomic E-state index is -2.15. The van der Waals surface area contributed by atoms with Gasteiger partial charge in [0.2, 0.25) is 29.0 Å². The fourth-order valence-electron chi connectivity index (χ4n) is 5.87. The highest BCUT2D eigenvalue weighted by atomic mass is 35.5. The molecule has 2 heterocycles. The normalized spacial score (nSPS) is 24.1. The Labute approximate surface area is 216 Å². The van der Waals surface area contributed by atoms with Crippen molar-refractivity contribution < 1.29 is 23.9 Å². The van der Waals surface area contributed by atoms with Crippen LogP contribution in [0.4, 0.5) is 5.69 Å². The lowest BCUT2D eigenvalue weighted by molar-refractivity contribution is -0.127. The van der Waals surface area contributed by atoms with E-state index in [4.69, 9.17) is 27.9 Å². The van der Waals surface area contributed by atoms with Gasteiger partial charge in [0.15, 0.2) is 0 Å². The van der Waals surface area contributed by atoms with Crippen LogP contribution in [0.1, 0.15) is 43.5 Å². The number of hydrogen-bond acceptors (Lipinski definition) is 5. The molecule has 2 aliphatic heterocycles. The molecular weight excluding hydrogens is 501 g/mol. The van der Waals surface area contributed by atoms with E-state index < -0.39 is 46.9 Å². The molecule has 2 amide bonds. The molecule has 6 nitrogen and oxygen atoms in total. The van der Waals surface area contributed by atoms with Crippen LogP contribution >= 0.6 is 23.2 Å². The number of carbonyl (C=O) groups excluding carboxylic acids is 4. The Hall–Kier alpha value is -3.32. The molecule has 2 fully saturated rings. The number of nitrogens with zero attached hydrogens (tertiary/aromatic N) is 1. The number of Topliss-reactive ketones (excluding diaryl/α,β-unsaturated/α-hetero) is 2. The maximum Gasteiger partial charge on any atom is 0.241 e. The molecule has 3 unspecified atom stereocenters. The first-order valence-electron chi connectivity index (χ1n) is 11.4. The van der Waals surface area contributed by atoms with Gasteiger partial charge in [-0.25, -0.2) is 4.90 Å². The van der Waals surface area contributed by atoms with Gasteiger partial charge < -0.3 is 4.74 Å². The van der Waals surface area contributed by atoms with Crippen LogP contribution in [0.15, 0.2) is 60.7 Å². The number of carbonyl (C=O) groups is 4. The molecule has 2 saturated heterocycles. The quantitative estimate of drug-likeness (QED) is 0.338. The van der Waals surface area contributed by atoms with Crippen molar-refractivity contribution in [2.75, 3.05) is 4.90 Å². The van der Waals surface area contributed by atoms with E-state index in [1.807, 2.05) is 19.9 Å². The maximum atomic E-state index is 14.0. The zero-order valence-corrected chi connectivity index (χ0v) is 20.8. The van der Waals surface area contributed by atoms with E-state index in [9.17, 15) is 19.2 Å². The Balaban J connectivity index is 1.57. The van der Waals surface area contributed by atoms with Crippen molar-refractivity contribution in [3.63, 3.8) is 0 Å². The molecule has 180 valence electrons. The van der Waals surface area contributed by atoms with Crippen molar-refractivity contribution in [2.24, 2.45) is 11.8 Å². The number of ether oxygens (including phenoxy) is 1. The van der Waals surface area contributed by atoms with Crippen LogP contribution in [-0.2, 0) is 14.3 Å². The number of amides is 2. The Kier molecular flexibility index (Phi) is 5.03. The number of rotatable bonds is 2. The predicted molar refractivity (Wildman–Crippen MR) is 134 cm³/mol. The largest absolute Gasteiger partial charge is 0.349 e. The molecule has 0 aromatic heterocycles. The lowest BCUT2D eigenvalue weighted by Gasteiger charge is -2.27. The summed E-state index contributed by atoms with van der Waals surface area (Å²) in [6.07, 6.45) is -1.10. The first-order valence-corrected chi connectivity index (χ1v) is 12.2. The molecule has 0 radical (unpaired) electrons. The van der Waals surface area contributed by atoms with E-state index in [0.29, 0.717) is 16.3 Å². The van der Waals surface area contributed by atoms with Gasteiger partial charge >= 0.3 is 0 Å². The van der Waals surface area contributed by atoms with Crippen LogP contribution in [0.25, 0.3) is 0 Å². The third-order valence-electron chi connectivity index (χ3n) is 7.25. The number of hydrogen-bond donors (Lipinski definition) is 0. The number of anilines is 1. The number of fused-ring (bicyclic) bond motifs is 3. The Morgan fingerprint density at radius 2 is 1.42 bits per heavy atom. The lowest BCUT2D eigenvalue weighted by atomic mass is 9.77. The molecule has 1 spiro atoms. The number of aryl methyl sites for hydroxylation is 2. The molecule has 36 heavy (non-hydrogen) atoms. The second kappa shape index (κ2) is 7.84. The summed E-state index contributed by atoms with van der Waals surface area (Å²) in [6, 6.07) is 16.4. The minimum Gasteiger partial charge on any atom is -0.349 e. The van der Waals surface area contributed by atoms with Crippen molar-refractivity contribution in [2.45, 2.75) is 25.6 Å². The maximum absolute atomic E-state index is 14.0. The summed E-state index contributed by atoms with van der Waals surface area (Å²) in [6.45, 7) is 3.73. The Morgan fingerprint density at radius 1 is 0.806 bits per heavy atom. The Bertz CT molecular complexity index is 1470. The first-order chi connectivity index (χ1) is 17.1. The Morgan fingerprint density at radius 3 is 2.00 bits per heavy atom. The number of imide groups is 1. The SMILES string of the molecule is Cc1cc(C)cc(N2C(=O)C3C(c4ccc(Cl)cc4Cl)OC4(C(=O)c5ccccc5C4=O)C3C2=O)c1. The van der Waals surface area contributed by atoms with Crippen LogP contribution in [-0.4, -0.2) is 29.0 Å². The van der Waals surface area contributed by atoms with E-state index in [1.54, 1.807) is 36.4 Å². The van der Waals surface area contributed by atoms with Crippen LogP contribution in [0.3, 0.4) is 0 Å². The molecule has 0 N–H and O–H groups in total. The zero-order valence-electron chi connectivity index (χ0n) is 19.2. The summed E-state index contributed by atoms with van der Waals surface area (Å²) in [5, 5.41) is 0.586. The van der Waals surface area contributed by atoms with Crippen LogP contribution in [0, 0.1) is 25.7 Å². The average Bonchev–Trinajstić information content (AvgIpc) is 3.38. The van der Waals surface area contributed by atoms with E-state index in [0.717, 1.165) is 16.0 Å². The van der Waals surface area contributed by atoms with E-state index in [2.05, 4.69) is 0 Å². The smallest absolute Gasteiger partial charge is 0.241 e. The average molecular weight is 520 g/mol. The van der Waals surface area contributed by atoms with Crippen molar-refractivity contribution in [3.8, 4) is 0 Å². The molecular formula is C28H19Cl2NO5. The van der Waals surface area contributed by atoms with Crippen LogP contribution < -0.4 is 4.90 Å². The highest BCUT2D eigenvalue weighted by Crippen LogP contribution is 2.58. The number of ketones is 2. The molecule has 0 saturated carbocycles. The molecule has 3 aliphatic rings. The minimum absolute atomic E-state index is 0.175. The van der Waals surface area contributed by atoms with Gasteiger partial charge in [0.25, 0.3) is 0 Å². The van der Waals surface area contributed by atoms with E-state index in [-0.39, 0.29) is 16.1 Å². The van der Waals surface area contributed by atoms with Crippen molar-refractivity contribution in [1.82, 2.24) is 0 Å². The summed E-state index contributed by atoms with van der Waals surface area (Å²) < 4.78 is 6.27. The molecule has 0 bridgehead atoms. The van der Waals surface area contributed by atoms with Crippen molar-refractivity contribution >= 4 is 52.3 Å². The van der Waals surface area contributed by atoms with E-state index >= 15 is 0 Å². The summed E-state index contributed by atoms with van der Waals surface area (Å²) in [5.41, 5.74) is 0.708. The molecule has 6 rings (SSSR count). The molecule has 3 atom stereocenters. The van der Waals surface area contributed by atoms with Gasteiger partial charge in [-0.2, -0.15) is 0 Å². The second-order valence-electron chi connectivity index (χ2n) is 9.51. The summed E-state index contributed by atoms with van der Waals surface area (Å²) in [4.78, 5) is 56.7. The van der Waals surface area contributed by atoms with E-state index in [1.165, 1.54) is 18.2 Å². The van der Waals surface area contributed by atoms with Crippen LogP contribution in [0.5, 0.6) is 0 Å². The fourth-order valence-corrected chi connectivity index (χ4v) is 6.38. The summed E-state index contributed by atoms with van der Waals surface area (Å²) in [5.74, 6) is -4.88. The lowest BCUT2D eigenvalue weighted by Crippen LogP contribution is -2.51. The van der Waals surface area contributed by atoms with Gasteiger partial charge in [-0.3, -0.25) is 19.2 Å². The van der Waals surface area contributed by atoms with Gasteiger partial charge in [-0.1, -0.05) is 59.6 Å². The summed E-state index contributed by atoms with van der Waals surface area (Å²) >= 11 is 12.6. The van der Waals surface area contributed by atoms with Gasteiger partial charge in [0.1, 0.15) is 0 Å². The highest BCUT2D eigenvalue weighted by molar-refractivity contribution is 6.37. The molecule has 1 aliphatic carbocycles. The van der Waals surface area contributed by atoms with Gasteiger partial charge in [0.05, 0.1) is 23.6 Å². The molecule has 3 aromatic rings. The summed E-state index contributed by atoms with van der Waals surface area (Å²) in [7, 11) is 0. The van der Waals surface area contributed by atoms with Gasteiger partial charge in [-0.05, 0) is 49.2 Å². The fraction of sp³-hybridized carbons (Fsp3) is 0.214. The third-order valence-corrected chi connectivity index (χ3v) is 7.82. The third kappa shape index (κ3) is 2.95. The topological polar surface area (TPSA) is 80.8 Å². The van der Waals surface area contributed by atoms with Crippen molar-refractivity contribution in [1.29, 1.82) is 0 Å². The first kappa shape index (κ1) is 23.1. The molecule has 8 heteroatoms. The zero-order chi connectivity index (χ0) is 25.5. The highest BCUT2D eigenvalue weighted by Gasteiger charge is 2.74.